The summed E-state index contributed by atoms with van der Waals surface area (Å²) in [6.45, 7) is 2.23. The van der Waals surface area contributed by atoms with E-state index in [-0.39, 0.29) is 0 Å². The van der Waals surface area contributed by atoms with Gasteiger partial charge in [0.25, 0.3) is 0 Å². The van der Waals surface area contributed by atoms with E-state index in [1.54, 1.807) is 0 Å². The lowest BCUT2D eigenvalue weighted by molar-refractivity contribution is 0.249. The molecule has 0 bridgehead atoms. The second-order valence-electron chi connectivity index (χ2n) is 4.89. The Bertz CT molecular complexity index is 384. The van der Waals surface area contributed by atoms with Crippen molar-refractivity contribution in [2.24, 2.45) is 0 Å². The highest BCUT2D eigenvalue weighted by molar-refractivity contribution is 9.10. The molecule has 0 saturated carbocycles. The van der Waals surface area contributed by atoms with Crippen LogP contribution in [0.5, 0.6) is 0 Å². The first kappa shape index (κ1) is 12.7. The summed E-state index contributed by atoms with van der Waals surface area (Å²) in [6.07, 6.45) is 2.45. The van der Waals surface area contributed by atoms with Crippen LogP contribution >= 0.6 is 15.9 Å². The Labute approximate surface area is 112 Å². The highest BCUT2D eigenvalue weighted by Gasteiger charge is 2.21. The maximum absolute atomic E-state index is 5.76. The Hall–Kier alpha value is -0.740. The van der Waals surface area contributed by atoms with E-state index < -0.39 is 0 Å². The van der Waals surface area contributed by atoms with E-state index in [1.807, 2.05) is 12.1 Å². The number of nitrogens with two attached hydrogens (primary N) is 1. The van der Waals surface area contributed by atoms with Gasteiger partial charge in [0, 0.05) is 29.3 Å². The van der Waals surface area contributed by atoms with Crippen molar-refractivity contribution < 1.29 is 0 Å². The predicted octanol–water partition coefficient (Wildman–Crippen LogP) is 2.56. The maximum Gasteiger partial charge on any atom is 0.0512 e. The molecule has 1 aliphatic heterocycles. The molecule has 0 aliphatic carbocycles. The SMILES string of the molecule is CN(C)C1CCN(c2ccc(N)cc2Br)CC1. The van der Waals surface area contributed by atoms with Gasteiger partial charge in [-0.2, -0.15) is 0 Å². The van der Waals surface area contributed by atoms with Gasteiger partial charge in [-0.25, -0.2) is 0 Å². The van der Waals surface area contributed by atoms with Gasteiger partial charge in [0.15, 0.2) is 0 Å². The normalized spacial score (nSPS) is 17.8. The first-order chi connectivity index (χ1) is 8.08. The molecule has 1 fully saturated rings. The van der Waals surface area contributed by atoms with Crippen LogP contribution < -0.4 is 10.6 Å². The van der Waals surface area contributed by atoms with Crippen molar-refractivity contribution in [3.05, 3.63) is 22.7 Å². The number of nitrogens with zero attached hydrogens (tertiary/aromatic N) is 2. The van der Waals surface area contributed by atoms with Crippen molar-refractivity contribution >= 4 is 27.3 Å². The van der Waals surface area contributed by atoms with Crippen molar-refractivity contribution in [3.63, 3.8) is 0 Å². The summed E-state index contributed by atoms with van der Waals surface area (Å²) in [5, 5.41) is 0. The fourth-order valence-electron chi connectivity index (χ4n) is 2.40. The number of benzene rings is 1. The molecule has 94 valence electrons. The molecule has 2 N–H and O–H groups in total. The molecule has 0 amide bonds. The zero-order chi connectivity index (χ0) is 12.4. The highest BCUT2D eigenvalue weighted by atomic mass is 79.9. The molecule has 1 aromatic carbocycles. The Balaban J connectivity index is 2.05. The van der Waals surface area contributed by atoms with Crippen molar-refractivity contribution in [2.75, 3.05) is 37.8 Å². The number of piperidine rings is 1. The molecular formula is C13H20BrN3. The Kier molecular flexibility index (Phi) is 3.94. The van der Waals surface area contributed by atoms with Gasteiger partial charge in [-0.1, -0.05) is 0 Å². The summed E-state index contributed by atoms with van der Waals surface area (Å²) in [5.41, 5.74) is 7.83. The van der Waals surface area contributed by atoms with Crippen LogP contribution in [0, 0.1) is 0 Å². The van der Waals surface area contributed by atoms with E-state index in [2.05, 4.69) is 45.9 Å². The van der Waals surface area contributed by atoms with E-state index in [0.717, 1.165) is 29.3 Å². The van der Waals surface area contributed by atoms with E-state index in [0.29, 0.717) is 0 Å². The van der Waals surface area contributed by atoms with E-state index in [9.17, 15) is 0 Å². The molecule has 1 aliphatic rings. The molecule has 2 rings (SSSR count). The van der Waals surface area contributed by atoms with Crippen LogP contribution in [0.25, 0.3) is 0 Å². The third-order valence-electron chi connectivity index (χ3n) is 3.51. The standard InChI is InChI=1S/C13H20BrN3/c1-16(2)11-5-7-17(8-6-11)13-4-3-10(15)9-12(13)14/h3-4,9,11H,5-8,15H2,1-2H3. The predicted molar refractivity (Wildman–Crippen MR) is 77.5 cm³/mol. The molecule has 3 nitrogen and oxygen atoms in total. The lowest BCUT2D eigenvalue weighted by Crippen LogP contribution is -2.42. The number of halogens is 1. The zero-order valence-corrected chi connectivity index (χ0v) is 12.1. The monoisotopic (exact) mass is 297 g/mol. The molecular weight excluding hydrogens is 278 g/mol. The van der Waals surface area contributed by atoms with Gasteiger partial charge < -0.3 is 15.5 Å². The highest BCUT2D eigenvalue weighted by Crippen LogP contribution is 2.30. The van der Waals surface area contributed by atoms with Crippen molar-refractivity contribution in [1.29, 1.82) is 0 Å². The Morgan fingerprint density at radius 2 is 1.94 bits per heavy atom. The first-order valence-electron chi connectivity index (χ1n) is 6.04. The quantitative estimate of drug-likeness (QED) is 0.852. The van der Waals surface area contributed by atoms with Crippen molar-refractivity contribution in [2.45, 2.75) is 18.9 Å². The van der Waals surface area contributed by atoms with Crippen LogP contribution in [-0.4, -0.2) is 38.1 Å². The summed E-state index contributed by atoms with van der Waals surface area (Å²) in [5.74, 6) is 0. The molecule has 4 heteroatoms. The fraction of sp³-hybridized carbons (Fsp3) is 0.538. The molecule has 0 aromatic heterocycles. The number of rotatable bonds is 2. The van der Waals surface area contributed by atoms with E-state index in [1.165, 1.54) is 18.5 Å². The van der Waals surface area contributed by atoms with Crippen molar-refractivity contribution in [1.82, 2.24) is 4.90 Å². The Morgan fingerprint density at radius 3 is 2.47 bits per heavy atom. The molecule has 0 radical (unpaired) electrons. The molecule has 1 aromatic rings. The van der Waals surface area contributed by atoms with Gasteiger partial charge in [-0.15, -0.1) is 0 Å². The molecule has 0 unspecified atom stereocenters. The van der Waals surface area contributed by atoms with Crippen molar-refractivity contribution in [3.8, 4) is 0 Å². The number of nitrogen functional groups attached to an aromatic ring is 1. The molecule has 0 spiro atoms. The van der Waals surface area contributed by atoms with Crippen LogP contribution in [0.3, 0.4) is 0 Å². The van der Waals surface area contributed by atoms with Gasteiger partial charge in [0.05, 0.1) is 5.69 Å². The van der Waals surface area contributed by atoms with Crippen LogP contribution in [-0.2, 0) is 0 Å². The topological polar surface area (TPSA) is 32.5 Å². The molecule has 1 heterocycles. The lowest BCUT2D eigenvalue weighted by Gasteiger charge is -2.37. The average molecular weight is 298 g/mol. The van der Waals surface area contributed by atoms with Gasteiger partial charge in [0.2, 0.25) is 0 Å². The summed E-state index contributed by atoms with van der Waals surface area (Å²) in [6, 6.07) is 6.78. The summed E-state index contributed by atoms with van der Waals surface area (Å²) < 4.78 is 1.10. The molecule has 17 heavy (non-hydrogen) atoms. The third-order valence-corrected chi connectivity index (χ3v) is 4.14. The lowest BCUT2D eigenvalue weighted by atomic mass is 10.0. The molecule has 1 saturated heterocycles. The minimum Gasteiger partial charge on any atom is -0.399 e. The summed E-state index contributed by atoms with van der Waals surface area (Å²) in [4.78, 5) is 4.76. The number of anilines is 2. The average Bonchev–Trinajstić information content (AvgIpc) is 2.29. The smallest absolute Gasteiger partial charge is 0.0512 e. The zero-order valence-electron chi connectivity index (χ0n) is 10.5. The van der Waals surface area contributed by atoms with Crippen LogP contribution in [0.4, 0.5) is 11.4 Å². The summed E-state index contributed by atoms with van der Waals surface area (Å²) >= 11 is 3.59. The molecule has 0 atom stereocenters. The third kappa shape index (κ3) is 2.93. The summed E-state index contributed by atoms with van der Waals surface area (Å²) in [7, 11) is 4.33. The Morgan fingerprint density at radius 1 is 1.29 bits per heavy atom. The van der Waals surface area contributed by atoms with Gasteiger partial charge in [-0.3, -0.25) is 0 Å². The first-order valence-corrected chi connectivity index (χ1v) is 6.83. The van der Waals surface area contributed by atoms with E-state index in [4.69, 9.17) is 5.73 Å². The second-order valence-corrected chi connectivity index (χ2v) is 5.75. The second kappa shape index (κ2) is 5.27. The van der Waals surface area contributed by atoms with Gasteiger partial charge in [-0.05, 0) is 61.1 Å². The largest absolute Gasteiger partial charge is 0.399 e. The van der Waals surface area contributed by atoms with Crippen LogP contribution in [0.2, 0.25) is 0 Å². The van der Waals surface area contributed by atoms with Gasteiger partial charge in [0.1, 0.15) is 0 Å². The minimum absolute atomic E-state index is 0.721. The van der Waals surface area contributed by atoms with Crippen LogP contribution in [0.1, 0.15) is 12.8 Å². The number of hydrogen-bond donors (Lipinski definition) is 1. The van der Waals surface area contributed by atoms with Gasteiger partial charge >= 0.3 is 0 Å². The number of hydrogen-bond acceptors (Lipinski definition) is 3. The maximum atomic E-state index is 5.76. The van der Waals surface area contributed by atoms with Crippen LogP contribution in [0.15, 0.2) is 22.7 Å². The fourth-order valence-corrected chi connectivity index (χ4v) is 3.05. The minimum atomic E-state index is 0.721. The van der Waals surface area contributed by atoms with E-state index >= 15 is 0 Å².